The molecule has 1 aromatic heterocycles. The lowest BCUT2D eigenvalue weighted by atomic mass is 10.1. The zero-order valence-electron chi connectivity index (χ0n) is 13.8. The molecule has 8 heteroatoms. The minimum Gasteiger partial charge on any atom is -0.378 e. The fourth-order valence-electron chi connectivity index (χ4n) is 3.01. The van der Waals surface area contributed by atoms with Crippen LogP contribution in [0.2, 0.25) is 0 Å². The molecule has 0 bridgehead atoms. The summed E-state index contributed by atoms with van der Waals surface area (Å²) in [7, 11) is 0. The molecule has 1 aliphatic rings. The second-order valence-electron chi connectivity index (χ2n) is 5.95. The van der Waals surface area contributed by atoms with Crippen LogP contribution < -0.4 is 15.5 Å². The van der Waals surface area contributed by atoms with Gasteiger partial charge in [-0.15, -0.1) is 0 Å². The predicted octanol–water partition coefficient (Wildman–Crippen LogP) is 1.91. The van der Waals surface area contributed by atoms with Crippen LogP contribution in [0.3, 0.4) is 0 Å². The largest absolute Gasteiger partial charge is 0.378 e. The van der Waals surface area contributed by atoms with Gasteiger partial charge < -0.3 is 15.5 Å². The molecule has 0 aliphatic carbocycles. The van der Waals surface area contributed by atoms with E-state index >= 15 is 0 Å². The summed E-state index contributed by atoms with van der Waals surface area (Å²) in [5.74, 6) is 0.204. The van der Waals surface area contributed by atoms with Gasteiger partial charge in [0.05, 0.1) is 4.92 Å². The number of nitrogens with two attached hydrogens (primary N) is 1. The molecule has 0 unspecified atom stereocenters. The van der Waals surface area contributed by atoms with Gasteiger partial charge in [0.15, 0.2) is 0 Å². The van der Waals surface area contributed by atoms with Gasteiger partial charge in [0.1, 0.15) is 6.33 Å². The SMILES string of the molecule is Cc1ccc(C)c(N2CCN(c3ncnc(N)c3[N+](=O)[O-])CC2)c1. The summed E-state index contributed by atoms with van der Waals surface area (Å²) in [6.45, 7) is 7.00. The van der Waals surface area contributed by atoms with Crippen molar-refractivity contribution in [2.24, 2.45) is 0 Å². The van der Waals surface area contributed by atoms with E-state index in [1.807, 2.05) is 4.90 Å². The third-order valence-electron chi connectivity index (χ3n) is 4.30. The average molecular weight is 328 g/mol. The van der Waals surface area contributed by atoms with E-state index in [4.69, 9.17) is 5.73 Å². The van der Waals surface area contributed by atoms with Crippen molar-refractivity contribution in [3.63, 3.8) is 0 Å². The number of nitrogen functional groups attached to an aromatic ring is 1. The van der Waals surface area contributed by atoms with Crippen LogP contribution in [-0.4, -0.2) is 41.1 Å². The molecular weight excluding hydrogens is 308 g/mol. The molecule has 1 aliphatic heterocycles. The summed E-state index contributed by atoms with van der Waals surface area (Å²) in [4.78, 5) is 22.8. The predicted molar refractivity (Wildman–Crippen MR) is 93.4 cm³/mol. The van der Waals surface area contributed by atoms with Gasteiger partial charge in [0.2, 0.25) is 11.6 Å². The number of nitro groups is 1. The first-order chi connectivity index (χ1) is 11.5. The molecule has 0 saturated carbocycles. The molecule has 24 heavy (non-hydrogen) atoms. The highest BCUT2D eigenvalue weighted by atomic mass is 16.6. The van der Waals surface area contributed by atoms with Crippen molar-refractivity contribution in [1.82, 2.24) is 9.97 Å². The Labute approximate surface area is 140 Å². The molecule has 1 fully saturated rings. The number of piperazine rings is 1. The van der Waals surface area contributed by atoms with Gasteiger partial charge >= 0.3 is 5.69 Å². The number of nitrogens with zero attached hydrogens (tertiary/aromatic N) is 5. The van der Waals surface area contributed by atoms with Crippen LogP contribution in [0.4, 0.5) is 23.0 Å². The van der Waals surface area contributed by atoms with Gasteiger partial charge in [0, 0.05) is 31.9 Å². The van der Waals surface area contributed by atoms with Crippen molar-refractivity contribution in [1.29, 1.82) is 0 Å². The zero-order valence-corrected chi connectivity index (χ0v) is 13.8. The Morgan fingerprint density at radius 1 is 1.12 bits per heavy atom. The second kappa shape index (κ2) is 6.31. The van der Waals surface area contributed by atoms with Crippen molar-refractivity contribution < 1.29 is 4.92 Å². The molecule has 126 valence electrons. The third-order valence-corrected chi connectivity index (χ3v) is 4.30. The fraction of sp³-hybridized carbons (Fsp3) is 0.375. The van der Waals surface area contributed by atoms with E-state index in [2.05, 4.69) is 46.9 Å². The van der Waals surface area contributed by atoms with Crippen LogP contribution in [0.15, 0.2) is 24.5 Å². The number of aromatic nitrogens is 2. The molecule has 2 N–H and O–H groups in total. The van der Waals surface area contributed by atoms with E-state index in [0.717, 1.165) is 13.1 Å². The van der Waals surface area contributed by atoms with E-state index in [9.17, 15) is 10.1 Å². The first-order valence-corrected chi connectivity index (χ1v) is 7.79. The Morgan fingerprint density at radius 3 is 2.46 bits per heavy atom. The van der Waals surface area contributed by atoms with Crippen LogP contribution in [0.1, 0.15) is 11.1 Å². The number of hydrogen-bond donors (Lipinski definition) is 1. The van der Waals surface area contributed by atoms with E-state index in [-0.39, 0.29) is 11.5 Å². The maximum absolute atomic E-state index is 11.3. The van der Waals surface area contributed by atoms with Gasteiger partial charge in [-0.05, 0) is 31.0 Å². The lowest BCUT2D eigenvalue weighted by molar-refractivity contribution is -0.383. The van der Waals surface area contributed by atoms with Crippen molar-refractivity contribution >= 4 is 23.0 Å². The van der Waals surface area contributed by atoms with Gasteiger partial charge in [-0.3, -0.25) is 10.1 Å². The molecule has 1 aromatic carbocycles. The zero-order chi connectivity index (χ0) is 17.3. The molecule has 2 heterocycles. The summed E-state index contributed by atoms with van der Waals surface area (Å²) in [6.07, 6.45) is 1.27. The minimum absolute atomic E-state index is 0.0954. The van der Waals surface area contributed by atoms with Crippen molar-refractivity contribution in [2.75, 3.05) is 41.7 Å². The summed E-state index contributed by atoms with van der Waals surface area (Å²) >= 11 is 0. The molecule has 0 atom stereocenters. The summed E-state index contributed by atoms with van der Waals surface area (Å²) in [5.41, 5.74) is 9.11. The minimum atomic E-state index is -0.512. The normalized spacial score (nSPS) is 14.8. The number of rotatable bonds is 3. The van der Waals surface area contributed by atoms with Gasteiger partial charge in [-0.25, -0.2) is 9.97 Å². The van der Waals surface area contributed by atoms with E-state index in [1.54, 1.807) is 0 Å². The highest BCUT2D eigenvalue weighted by molar-refractivity contribution is 5.69. The topological polar surface area (TPSA) is 101 Å². The summed E-state index contributed by atoms with van der Waals surface area (Å²) in [6, 6.07) is 6.39. The van der Waals surface area contributed by atoms with Crippen molar-refractivity contribution in [3.8, 4) is 0 Å². The lowest BCUT2D eigenvalue weighted by Gasteiger charge is -2.37. The molecule has 2 aromatic rings. The Kier molecular flexibility index (Phi) is 4.20. The number of benzene rings is 1. The summed E-state index contributed by atoms with van der Waals surface area (Å²) in [5, 5.41) is 11.3. The number of hydrogen-bond acceptors (Lipinski definition) is 7. The maximum atomic E-state index is 11.3. The van der Waals surface area contributed by atoms with Crippen LogP contribution in [0.5, 0.6) is 0 Å². The van der Waals surface area contributed by atoms with Gasteiger partial charge in [0.25, 0.3) is 0 Å². The highest BCUT2D eigenvalue weighted by Crippen LogP contribution is 2.31. The molecule has 0 radical (unpaired) electrons. The maximum Gasteiger partial charge on any atom is 0.353 e. The quantitative estimate of drug-likeness (QED) is 0.678. The Morgan fingerprint density at radius 2 is 1.79 bits per heavy atom. The standard InChI is InChI=1S/C16H20N6O2/c1-11-3-4-12(2)13(9-11)20-5-7-21(8-6-20)16-14(22(23)24)15(17)18-10-19-16/h3-4,9-10H,5-8H2,1-2H3,(H2,17,18,19). The van der Waals surface area contributed by atoms with Crippen molar-refractivity contribution in [2.45, 2.75) is 13.8 Å². The molecule has 0 amide bonds. The molecule has 8 nitrogen and oxygen atoms in total. The Bertz CT molecular complexity index is 771. The average Bonchev–Trinajstić information content (AvgIpc) is 2.56. The molecular formula is C16H20N6O2. The Balaban J connectivity index is 1.80. The number of anilines is 3. The van der Waals surface area contributed by atoms with Crippen LogP contribution >= 0.6 is 0 Å². The Hall–Kier alpha value is -2.90. The van der Waals surface area contributed by atoms with Crippen LogP contribution in [0.25, 0.3) is 0 Å². The monoisotopic (exact) mass is 328 g/mol. The first kappa shape index (κ1) is 16.0. The van der Waals surface area contributed by atoms with Crippen LogP contribution in [0, 0.1) is 24.0 Å². The first-order valence-electron chi connectivity index (χ1n) is 7.79. The van der Waals surface area contributed by atoms with E-state index < -0.39 is 4.92 Å². The fourth-order valence-corrected chi connectivity index (χ4v) is 3.01. The highest BCUT2D eigenvalue weighted by Gasteiger charge is 2.28. The van der Waals surface area contributed by atoms with Gasteiger partial charge in [-0.2, -0.15) is 0 Å². The molecule has 0 spiro atoms. The second-order valence-corrected chi connectivity index (χ2v) is 5.95. The number of aryl methyl sites for hydroxylation is 2. The summed E-state index contributed by atoms with van der Waals surface area (Å²) < 4.78 is 0. The molecule has 3 rings (SSSR count). The van der Waals surface area contributed by atoms with Gasteiger partial charge in [-0.1, -0.05) is 12.1 Å². The van der Waals surface area contributed by atoms with E-state index in [1.165, 1.54) is 23.1 Å². The molecule has 1 saturated heterocycles. The third kappa shape index (κ3) is 2.94. The van der Waals surface area contributed by atoms with Crippen LogP contribution in [-0.2, 0) is 0 Å². The van der Waals surface area contributed by atoms with E-state index in [0.29, 0.717) is 18.9 Å². The van der Waals surface area contributed by atoms with Crippen molar-refractivity contribution in [3.05, 3.63) is 45.8 Å². The lowest BCUT2D eigenvalue weighted by Crippen LogP contribution is -2.47. The smallest absolute Gasteiger partial charge is 0.353 e.